The third-order valence-corrected chi connectivity index (χ3v) is 6.67. The van der Waals surface area contributed by atoms with Gasteiger partial charge in [0.15, 0.2) is 0 Å². The zero-order chi connectivity index (χ0) is 24.1. The average molecular weight is 489 g/mol. The molecule has 7 nitrogen and oxygen atoms in total. The van der Waals surface area contributed by atoms with Crippen molar-refractivity contribution < 1.29 is 23.0 Å². The van der Waals surface area contributed by atoms with Crippen LogP contribution >= 0.6 is 11.8 Å². The number of halogens is 2. The van der Waals surface area contributed by atoms with Crippen LogP contribution in [0.2, 0.25) is 0 Å². The molecule has 0 unspecified atom stereocenters. The van der Waals surface area contributed by atoms with Crippen molar-refractivity contribution in [1.29, 1.82) is 0 Å². The number of aromatic nitrogens is 3. The van der Waals surface area contributed by atoms with Crippen molar-refractivity contribution in [3.05, 3.63) is 59.8 Å². The molecule has 0 amide bonds. The van der Waals surface area contributed by atoms with Crippen molar-refractivity contribution in [1.82, 2.24) is 15.0 Å². The van der Waals surface area contributed by atoms with E-state index in [1.165, 1.54) is 11.8 Å². The highest BCUT2D eigenvalue weighted by atomic mass is 32.2. The zero-order valence-electron chi connectivity index (χ0n) is 19.0. The van der Waals surface area contributed by atoms with E-state index in [9.17, 15) is 13.6 Å². The number of carbonyl (C=O) groups excluding carboxylic acids is 1. The van der Waals surface area contributed by atoms with E-state index in [0.29, 0.717) is 24.7 Å². The topological polar surface area (TPSA) is 69.5 Å². The van der Waals surface area contributed by atoms with E-state index in [1.54, 1.807) is 18.7 Å². The Kier molecular flexibility index (Phi) is 7.35. The number of hydrogen-bond acceptors (Lipinski definition) is 7. The van der Waals surface area contributed by atoms with Crippen LogP contribution in [0.15, 0.2) is 58.5 Å². The molecule has 0 saturated carbocycles. The second kappa shape index (κ2) is 10.4. The third-order valence-electron chi connectivity index (χ3n) is 5.56. The van der Waals surface area contributed by atoms with E-state index < -0.39 is 11.9 Å². The maximum Gasteiger partial charge on any atom is 0.361 e. The standard InChI is InChI=1S/C24H26F2N4O3S/c1-3-33-23(31)21-22(30(28-27-21)16-17-4-8-19(32-2)9-5-17)34-20-10-6-18(7-11-20)29-14-12-24(25,26)13-15-29/h4-11H,3,12-16H2,1-2H3. The van der Waals surface area contributed by atoms with Crippen LogP contribution in [0.1, 0.15) is 35.8 Å². The molecule has 1 aliphatic rings. The predicted octanol–water partition coefficient (Wildman–Crippen LogP) is 4.90. The fourth-order valence-corrected chi connectivity index (χ4v) is 4.59. The van der Waals surface area contributed by atoms with Gasteiger partial charge in [-0.3, -0.25) is 0 Å². The summed E-state index contributed by atoms with van der Waals surface area (Å²) in [5, 5.41) is 8.84. The SMILES string of the molecule is CCOC(=O)c1nnn(Cc2ccc(OC)cc2)c1Sc1ccc(N2CCC(F)(F)CC2)cc1. The van der Waals surface area contributed by atoms with Gasteiger partial charge in [0.05, 0.1) is 20.3 Å². The summed E-state index contributed by atoms with van der Waals surface area (Å²) in [6.45, 7) is 3.04. The first-order chi connectivity index (χ1) is 16.4. The number of carbonyl (C=O) groups is 1. The first-order valence-electron chi connectivity index (χ1n) is 11.0. The van der Waals surface area contributed by atoms with E-state index in [1.807, 2.05) is 53.4 Å². The Labute approximate surface area is 201 Å². The lowest BCUT2D eigenvalue weighted by Gasteiger charge is -2.33. The number of alkyl halides is 2. The van der Waals surface area contributed by atoms with Crippen LogP contribution < -0.4 is 9.64 Å². The second-order valence-corrected chi connectivity index (χ2v) is 8.97. The minimum atomic E-state index is -2.58. The zero-order valence-corrected chi connectivity index (χ0v) is 19.9. The van der Waals surface area contributed by atoms with Gasteiger partial charge in [-0.15, -0.1) is 5.10 Å². The number of anilines is 1. The molecule has 1 aliphatic heterocycles. The molecule has 1 aromatic heterocycles. The summed E-state index contributed by atoms with van der Waals surface area (Å²) in [6.07, 6.45) is -0.273. The lowest BCUT2D eigenvalue weighted by Crippen LogP contribution is -2.39. The molecule has 10 heteroatoms. The molecule has 0 radical (unpaired) electrons. The Morgan fingerprint density at radius 3 is 2.38 bits per heavy atom. The highest BCUT2D eigenvalue weighted by molar-refractivity contribution is 7.99. The minimum absolute atomic E-state index is 0.136. The molecule has 0 spiro atoms. The third kappa shape index (κ3) is 5.67. The van der Waals surface area contributed by atoms with Gasteiger partial charge >= 0.3 is 5.97 Å². The first kappa shape index (κ1) is 24.0. The number of hydrogen-bond donors (Lipinski definition) is 0. The number of nitrogens with zero attached hydrogens (tertiary/aromatic N) is 4. The molecule has 180 valence electrons. The smallest absolute Gasteiger partial charge is 0.361 e. The maximum atomic E-state index is 13.5. The summed E-state index contributed by atoms with van der Waals surface area (Å²) < 4.78 is 39.0. The van der Waals surface area contributed by atoms with Crippen LogP contribution in [-0.4, -0.2) is 53.7 Å². The van der Waals surface area contributed by atoms with Gasteiger partial charge in [0.25, 0.3) is 5.92 Å². The van der Waals surface area contributed by atoms with Crippen LogP contribution in [0.3, 0.4) is 0 Å². The van der Waals surface area contributed by atoms with Crippen LogP contribution in [0.5, 0.6) is 5.75 Å². The van der Waals surface area contributed by atoms with Gasteiger partial charge in [0.2, 0.25) is 5.69 Å². The Balaban J connectivity index is 1.54. The van der Waals surface area contributed by atoms with Crippen LogP contribution in [-0.2, 0) is 11.3 Å². The molecule has 34 heavy (non-hydrogen) atoms. The van der Waals surface area contributed by atoms with Gasteiger partial charge in [-0.05, 0) is 48.9 Å². The molecule has 0 aliphatic carbocycles. The Bertz CT molecular complexity index is 1110. The van der Waals surface area contributed by atoms with E-state index in [0.717, 1.165) is 21.9 Å². The number of benzene rings is 2. The fourth-order valence-electron chi connectivity index (χ4n) is 3.67. The molecule has 0 N–H and O–H groups in total. The maximum absolute atomic E-state index is 13.5. The molecule has 3 aromatic rings. The number of piperidine rings is 1. The van der Waals surface area contributed by atoms with Gasteiger partial charge < -0.3 is 14.4 Å². The Hall–Kier alpha value is -3.14. The molecule has 4 rings (SSSR count). The Morgan fingerprint density at radius 2 is 1.76 bits per heavy atom. The molecule has 2 heterocycles. The van der Waals surface area contributed by atoms with Gasteiger partial charge in [0.1, 0.15) is 10.8 Å². The highest BCUT2D eigenvalue weighted by Gasteiger charge is 2.34. The lowest BCUT2D eigenvalue weighted by atomic mass is 10.1. The number of methoxy groups -OCH3 is 1. The summed E-state index contributed by atoms with van der Waals surface area (Å²) in [6, 6.07) is 15.2. The molecule has 1 fully saturated rings. The number of ether oxygens (including phenoxy) is 2. The van der Waals surface area contributed by atoms with Gasteiger partial charge in [-0.2, -0.15) is 0 Å². The van der Waals surface area contributed by atoms with Crippen molar-refractivity contribution in [2.45, 2.75) is 42.2 Å². The molecule has 0 bridgehead atoms. The van der Waals surface area contributed by atoms with Crippen molar-refractivity contribution >= 4 is 23.4 Å². The van der Waals surface area contributed by atoms with Gasteiger partial charge in [0, 0.05) is 36.5 Å². The predicted molar refractivity (Wildman–Crippen MR) is 125 cm³/mol. The molecule has 0 atom stereocenters. The van der Waals surface area contributed by atoms with Gasteiger partial charge in [-0.25, -0.2) is 18.3 Å². The van der Waals surface area contributed by atoms with Crippen molar-refractivity contribution in [2.75, 3.05) is 31.7 Å². The quantitative estimate of drug-likeness (QED) is 0.418. The molecule has 2 aromatic carbocycles. The Morgan fingerprint density at radius 1 is 1.09 bits per heavy atom. The van der Waals surface area contributed by atoms with Crippen molar-refractivity contribution in [3.8, 4) is 5.75 Å². The molecular weight excluding hydrogens is 462 g/mol. The van der Waals surface area contributed by atoms with Crippen molar-refractivity contribution in [3.63, 3.8) is 0 Å². The van der Waals surface area contributed by atoms with E-state index in [-0.39, 0.29) is 25.1 Å². The van der Waals surface area contributed by atoms with Crippen molar-refractivity contribution in [2.24, 2.45) is 0 Å². The van der Waals surface area contributed by atoms with Crippen LogP contribution in [0.4, 0.5) is 14.5 Å². The summed E-state index contributed by atoms with van der Waals surface area (Å²) in [4.78, 5) is 15.3. The van der Waals surface area contributed by atoms with E-state index in [2.05, 4.69) is 10.3 Å². The number of esters is 1. The molecular formula is C24H26F2N4O3S. The fraction of sp³-hybridized carbons (Fsp3) is 0.375. The van der Waals surface area contributed by atoms with Crippen LogP contribution in [0, 0.1) is 0 Å². The first-order valence-corrected chi connectivity index (χ1v) is 11.8. The van der Waals surface area contributed by atoms with Crippen LogP contribution in [0.25, 0.3) is 0 Å². The van der Waals surface area contributed by atoms with Gasteiger partial charge in [-0.1, -0.05) is 29.1 Å². The normalized spacial score (nSPS) is 15.2. The summed E-state index contributed by atoms with van der Waals surface area (Å²) in [5.74, 6) is -2.36. The summed E-state index contributed by atoms with van der Waals surface area (Å²) in [7, 11) is 1.61. The molecule has 1 saturated heterocycles. The average Bonchev–Trinajstić information content (AvgIpc) is 3.22. The number of rotatable bonds is 8. The summed E-state index contributed by atoms with van der Waals surface area (Å²) in [5.41, 5.74) is 2.03. The summed E-state index contributed by atoms with van der Waals surface area (Å²) >= 11 is 1.36. The minimum Gasteiger partial charge on any atom is -0.497 e. The highest BCUT2D eigenvalue weighted by Crippen LogP contribution is 2.34. The van der Waals surface area contributed by atoms with E-state index >= 15 is 0 Å². The van der Waals surface area contributed by atoms with E-state index in [4.69, 9.17) is 9.47 Å². The monoisotopic (exact) mass is 488 g/mol. The largest absolute Gasteiger partial charge is 0.497 e. The second-order valence-electron chi connectivity index (χ2n) is 7.91. The lowest BCUT2D eigenvalue weighted by molar-refractivity contribution is -0.0220.